The number of carbonyl (C=O) groups is 1. The van der Waals surface area contributed by atoms with Crippen molar-refractivity contribution in [2.24, 2.45) is 5.73 Å². The fourth-order valence-corrected chi connectivity index (χ4v) is 2.11. The lowest BCUT2D eigenvalue weighted by molar-refractivity contribution is -0.140. The van der Waals surface area contributed by atoms with E-state index in [1.165, 1.54) is 18.9 Å². The molecule has 0 aromatic carbocycles. The Morgan fingerprint density at radius 1 is 1.56 bits per heavy atom. The van der Waals surface area contributed by atoms with E-state index in [0.717, 1.165) is 11.0 Å². The third-order valence-corrected chi connectivity index (χ3v) is 2.99. The summed E-state index contributed by atoms with van der Waals surface area (Å²) >= 11 is 1.48. The molecular formula is C9H16N4O2S. The van der Waals surface area contributed by atoms with Crippen LogP contribution in [0.5, 0.6) is 0 Å². The molecule has 16 heavy (non-hydrogen) atoms. The second-order valence-electron chi connectivity index (χ2n) is 3.14. The number of esters is 1. The van der Waals surface area contributed by atoms with E-state index in [1.807, 2.05) is 11.5 Å². The fraction of sp³-hybridized carbons (Fsp3) is 0.667. The number of nitrogens with two attached hydrogens (primary N) is 1. The topological polar surface area (TPSA) is 83.0 Å². The van der Waals surface area contributed by atoms with E-state index in [-0.39, 0.29) is 5.97 Å². The molecule has 0 aliphatic rings. The molecule has 2 N–H and O–H groups in total. The van der Waals surface area contributed by atoms with Crippen molar-refractivity contribution >= 4 is 17.7 Å². The second kappa shape index (κ2) is 6.49. The van der Waals surface area contributed by atoms with Crippen molar-refractivity contribution in [3.63, 3.8) is 0 Å². The first-order chi connectivity index (χ1) is 7.69. The fourth-order valence-electron chi connectivity index (χ4n) is 1.18. The largest absolute Gasteiger partial charge is 0.469 e. The van der Waals surface area contributed by atoms with Crippen molar-refractivity contribution in [2.45, 2.75) is 25.0 Å². The lowest BCUT2D eigenvalue weighted by Crippen LogP contribution is -2.12. The summed E-state index contributed by atoms with van der Waals surface area (Å²) in [6.07, 6.45) is 0.371. The normalized spacial score (nSPS) is 10.4. The molecule has 0 saturated heterocycles. The Kier molecular flexibility index (Phi) is 5.27. The van der Waals surface area contributed by atoms with Gasteiger partial charge < -0.3 is 15.0 Å². The summed E-state index contributed by atoms with van der Waals surface area (Å²) < 4.78 is 6.50. The predicted molar refractivity (Wildman–Crippen MR) is 61.2 cm³/mol. The van der Waals surface area contributed by atoms with E-state index in [0.29, 0.717) is 25.3 Å². The molecule has 90 valence electrons. The number of thioether (sulfide) groups is 1. The van der Waals surface area contributed by atoms with Crippen molar-refractivity contribution < 1.29 is 9.53 Å². The van der Waals surface area contributed by atoms with E-state index in [2.05, 4.69) is 14.9 Å². The summed E-state index contributed by atoms with van der Waals surface area (Å²) in [5.74, 6) is 1.26. The minimum absolute atomic E-state index is 0.214. The SMILES string of the molecule is COC(=O)CCSc1nnc(C)n1CCN. The first kappa shape index (κ1) is 13.0. The van der Waals surface area contributed by atoms with Crippen molar-refractivity contribution in [3.05, 3.63) is 5.82 Å². The molecule has 0 aliphatic carbocycles. The van der Waals surface area contributed by atoms with E-state index in [4.69, 9.17) is 5.73 Å². The molecule has 1 rings (SSSR count). The van der Waals surface area contributed by atoms with Crippen LogP contribution in [0.4, 0.5) is 0 Å². The highest BCUT2D eigenvalue weighted by molar-refractivity contribution is 7.99. The van der Waals surface area contributed by atoms with Crippen LogP contribution in [0.15, 0.2) is 5.16 Å². The molecule has 0 atom stereocenters. The van der Waals surface area contributed by atoms with Gasteiger partial charge in [0.15, 0.2) is 5.16 Å². The van der Waals surface area contributed by atoms with Gasteiger partial charge in [-0.3, -0.25) is 4.79 Å². The summed E-state index contributed by atoms with van der Waals surface area (Å²) in [6, 6.07) is 0. The minimum atomic E-state index is -0.214. The Morgan fingerprint density at radius 2 is 2.31 bits per heavy atom. The second-order valence-corrected chi connectivity index (χ2v) is 4.21. The maximum absolute atomic E-state index is 10.9. The van der Waals surface area contributed by atoms with Gasteiger partial charge in [0.05, 0.1) is 13.5 Å². The Labute approximate surface area is 98.6 Å². The molecule has 1 aromatic rings. The summed E-state index contributed by atoms with van der Waals surface area (Å²) in [7, 11) is 1.38. The van der Waals surface area contributed by atoms with Gasteiger partial charge >= 0.3 is 5.97 Å². The van der Waals surface area contributed by atoms with Gasteiger partial charge in [-0.2, -0.15) is 0 Å². The Morgan fingerprint density at radius 3 is 2.94 bits per heavy atom. The van der Waals surface area contributed by atoms with E-state index in [1.54, 1.807) is 0 Å². The number of carbonyl (C=O) groups excluding carboxylic acids is 1. The first-order valence-electron chi connectivity index (χ1n) is 4.98. The van der Waals surface area contributed by atoms with Crippen molar-refractivity contribution in [2.75, 3.05) is 19.4 Å². The van der Waals surface area contributed by atoms with Gasteiger partial charge in [0.25, 0.3) is 0 Å². The number of hydrogen-bond donors (Lipinski definition) is 1. The number of ether oxygens (including phenoxy) is 1. The average Bonchev–Trinajstić information content (AvgIpc) is 2.62. The monoisotopic (exact) mass is 244 g/mol. The lowest BCUT2D eigenvalue weighted by atomic mass is 10.5. The van der Waals surface area contributed by atoms with E-state index < -0.39 is 0 Å². The molecular weight excluding hydrogens is 228 g/mol. The highest BCUT2D eigenvalue weighted by Crippen LogP contribution is 2.17. The van der Waals surface area contributed by atoms with Gasteiger partial charge in [0, 0.05) is 18.8 Å². The number of nitrogens with zero attached hydrogens (tertiary/aromatic N) is 3. The molecule has 0 amide bonds. The molecule has 0 radical (unpaired) electrons. The van der Waals surface area contributed by atoms with Crippen LogP contribution in [0.3, 0.4) is 0 Å². The molecule has 0 saturated carbocycles. The van der Waals surface area contributed by atoms with Crippen molar-refractivity contribution in [3.8, 4) is 0 Å². The zero-order valence-corrected chi connectivity index (χ0v) is 10.3. The predicted octanol–water partition coefficient (Wildman–Crippen LogP) is 0.200. The smallest absolute Gasteiger partial charge is 0.306 e. The molecule has 0 aliphatic heterocycles. The van der Waals surface area contributed by atoms with Crippen LogP contribution in [-0.4, -0.2) is 40.1 Å². The number of rotatable bonds is 6. The highest BCUT2D eigenvalue weighted by Gasteiger charge is 2.09. The number of methoxy groups -OCH3 is 1. The third kappa shape index (κ3) is 3.49. The van der Waals surface area contributed by atoms with Crippen LogP contribution in [0.1, 0.15) is 12.2 Å². The zero-order chi connectivity index (χ0) is 12.0. The van der Waals surface area contributed by atoms with Crippen molar-refractivity contribution in [1.29, 1.82) is 0 Å². The Hall–Kier alpha value is -1.08. The first-order valence-corrected chi connectivity index (χ1v) is 5.97. The molecule has 0 spiro atoms. The minimum Gasteiger partial charge on any atom is -0.469 e. The van der Waals surface area contributed by atoms with Crippen LogP contribution in [0.2, 0.25) is 0 Å². The molecule has 0 fully saturated rings. The third-order valence-electron chi connectivity index (χ3n) is 2.02. The van der Waals surface area contributed by atoms with Gasteiger partial charge in [0.2, 0.25) is 0 Å². The standard InChI is InChI=1S/C9H16N4O2S/c1-7-11-12-9(13(7)5-4-10)16-6-3-8(14)15-2/h3-6,10H2,1-2H3. The lowest BCUT2D eigenvalue weighted by Gasteiger charge is -2.05. The van der Waals surface area contributed by atoms with Crippen LogP contribution >= 0.6 is 11.8 Å². The molecule has 0 bridgehead atoms. The van der Waals surface area contributed by atoms with Gasteiger partial charge in [-0.15, -0.1) is 10.2 Å². The van der Waals surface area contributed by atoms with Gasteiger partial charge in [-0.05, 0) is 6.92 Å². The highest BCUT2D eigenvalue weighted by atomic mass is 32.2. The Bertz CT molecular complexity index is 353. The summed E-state index contributed by atoms with van der Waals surface area (Å²) in [6.45, 7) is 3.12. The molecule has 7 heteroatoms. The van der Waals surface area contributed by atoms with Crippen LogP contribution in [0, 0.1) is 6.92 Å². The average molecular weight is 244 g/mol. The van der Waals surface area contributed by atoms with Gasteiger partial charge in [-0.25, -0.2) is 0 Å². The van der Waals surface area contributed by atoms with Crippen molar-refractivity contribution in [1.82, 2.24) is 14.8 Å². The maximum atomic E-state index is 10.9. The number of aryl methyl sites for hydroxylation is 1. The maximum Gasteiger partial charge on any atom is 0.306 e. The molecule has 0 unspecified atom stereocenters. The van der Waals surface area contributed by atoms with Gasteiger partial charge in [-0.1, -0.05) is 11.8 Å². The van der Waals surface area contributed by atoms with E-state index in [9.17, 15) is 4.79 Å². The quantitative estimate of drug-likeness (QED) is 0.568. The summed E-state index contributed by atoms with van der Waals surface area (Å²) in [5, 5.41) is 8.80. The summed E-state index contributed by atoms with van der Waals surface area (Å²) in [5.41, 5.74) is 5.50. The van der Waals surface area contributed by atoms with Crippen LogP contribution < -0.4 is 5.73 Å². The van der Waals surface area contributed by atoms with Crippen LogP contribution in [-0.2, 0) is 16.1 Å². The zero-order valence-electron chi connectivity index (χ0n) is 9.47. The molecule has 1 aromatic heterocycles. The Balaban J connectivity index is 2.50. The summed E-state index contributed by atoms with van der Waals surface area (Å²) in [4.78, 5) is 10.9. The van der Waals surface area contributed by atoms with Gasteiger partial charge in [0.1, 0.15) is 5.82 Å². The number of hydrogen-bond acceptors (Lipinski definition) is 6. The molecule has 1 heterocycles. The van der Waals surface area contributed by atoms with Crippen LogP contribution in [0.25, 0.3) is 0 Å². The molecule has 6 nitrogen and oxygen atoms in total. The van der Waals surface area contributed by atoms with E-state index >= 15 is 0 Å². The number of aromatic nitrogens is 3.